The average Bonchev–Trinajstić information content (AvgIpc) is 2.89. The Morgan fingerprint density at radius 1 is 1.03 bits per heavy atom. The van der Waals surface area contributed by atoms with Crippen LogP contribution in [0.4, 0.5) is 0 Å². The molecule has 0 spiro atoms. The molecule has 0 bridgehead atoms. The molecule has 1 aromatic carbocycles. The maximum atomic E-state index is 5.25. The van der Waals surface area contributed by atoms with Gasteiger partial charge in [0, 0.05) is 48.5 Å². The molecular formula is C35H50N2. The number of hydrogen-bond donors (Lipinski definition) is 0. The topological polar surface area (TPSA) is 24.7 Å². The second-order valence-electron chi connectivity index (χ2n) is 10.6. The van der Waals surface area contributed by atoms with E-state index in [0.29, 0.717) is 5.92 Å². The Morgan fingerprint density at radius 3 is 2.30 bits per heavy atom. The van der Waals surface area contributed by atoms with Gasteiger partial charge in [-0.05, 0) is 69.1 Å². The highest BCUT2D eigenvalue weighted by Crippen LogP contribution is 2.44. The maximum Gasteiger partial charge on any atom is 0.0450 e. The minimum Gasteiger partial charge on any atom is -0.297 e. The van der Waals surface area contributed by atoms with E-state index in [2.05, 4.69) is 95.6 Å². The van der Waals surface area contributed by atoms with Crippen molar-refractivity contribution in [3.63, 3.8) is 0 Å². The molecule has 0 radical (unpaired) electrons. The van der Waals surface area contributed by atoms with E-state index in [9.17, 15) is 0 Å². The summed E-state index contributed by atoms with van der Waals surface area (Å²) in [5.41, 5.74) is 11.0. The predicted octanol–water partition coefficient (Wildman–Crippen LogP) is 10.4. The van der Waals surface area contributed by atoms with Crippen LogP contribution in [0.15, 0.2) is 99.2 Å². The second kappa shape index (κ2) is 15.5. The van der Waals surface area contributed by atoms with Crippen LogP contribution in [0.25, 0.3) is 0 Å². The molecule has 0 saturated heterocycles. The van der Waals surface area contributed by atoms with E-state index < -0.39 is 0 Å². The molecular weight excluding hydrogens is 448 g/mol. The zero-order valence-electron chi connectivity index (χ0n) is 24.7. The summed E-state index contributed by atoms with van der Waals surface area (Å²) in [4.78, 5) is 9.90. The normalized spacial score (nSPS) is 18.2. The molecule has 0 N–H and O–H groups in total. The fourth-order valence-corrected chi connectivity index (χ4v) is 5.33. The molecule has 1 aliphatic rings. The minimum absolute atomic E-state index is 0.218. The van der Waals surface area contributed by atoms with Crippen molar-refractivity contribution >= 4 is 11.4 Å². The van der Waals surface area contributed by atoms with E-state index in [0.717, 1.165) is 67.5 Å². The van der Waals surface area contributed by atoms with Gasteiger partial charge < -0.3 is 0 Å². The van der Waals surface area contributed by atoms with Gasteiger partial charge in [0.25, 0.3) is 0 Å². The number of aliphatic imine (C=N–C) groups is 2. The standard InChI is InChI=1S/C35H50N2/c1-10-13-20-33-35(32(17-11-2)30-18-15-14-16-19-30)28(7)34(29(8)37-33)27(6)24-31(36-9)23-26(5)22-21-25(4)12-3/h14-16,18-19,21-22,32,35H,6-7,10-13,17,20,23-24H2,1-5,8-9H3/b25-21-,26-22+,36-31?. The quantitative estimate of drug-likeness (QED) is 0.180. The molecule has 2 unspecified atom stereocenters. The fourth-order valence-electron chi connectivity index (χ4n) is 5.33. The summed E-state index contributed by atoms with van der Waals surface area (Å²) in [7, 11) is 1.90. The largest absolute Gasteiger partial charge is 0.297 e. The van der Waals surface area contributed by atoms with E-state index in [1.54, 1.807) is 0 Å². The van der Waals surface area contributed by atoms with Crippen LogP contribution < -0.4 is 0 Å². The molecule has 2 nitrogen and oxygen atoms in total. The molecule has 1 aromatic rings. The minimum atomic E-state index is 0.218. The van der Waals surface area contributed by atoms with Gasteiger partial charge in [0.05, 0.1) is 0 Å². The Labute approximate surface area is 227 Å². The molecule has 0 saturated carbocycles. The first kappa shape index (κ1) is 30.5. The van der Waals surface area contributed by atoms with Crippen LogP contribution in [0.1, 0.15) is 104 Å². The Balaban J connectivity index is 2.39. The molecule has 1 heterocycles. The summed E-state index contributed by atoms with van der Waals surface area (Å²) in [5, 5.41) is 0. The maximum absolute atomic E-state index is 5.25. The first-order valence-corrected chi connectivity index (χ1v) is 14.2. The van der Waals surface area contributed by atoms with Crippen LogP contribution >= 0.6 is 0 Å². The molecule has 2 atom stereocenters. The van der Waals surface area contributed by atoms with Crippen molar-refractivity contribution in [2.75, 3.05) is 7.05 Å². The van der Waals surface area contributed by atoms with Crippen molar-refractivity contribution in [2.45, 2.75) is 98.8 Å². The molecule has 1 aliphatic heterocycles. The van der Waals surface area contributed by atoms with Crippen LogP contribution in [-0.2, 0) is 0 Å². The molecule has 0 amide bonds. The number of unbranched alkanes of at least 4 members (excludes halogenated alkanes) is 1. The van der Waals surface area contributed by atoms with Crippen molar-refractivity contribution in [3.05, 3.63) is 94.8 Å². The molecule has 2 heteroatoms. The highest BCUT2D eigenvalue weighted by molar-refractivity contribution is 5.95. The van der Waals surface area contributed by atoms with Gasteiger partial charge >= 0.3 is 0 Å². The lowest BCUT2D eigenvalue weighted by Crippen LogP contribution is -2.29. The van der Waals surface area contributed by atoms with Gasteiger partial charge in [-0.1, -0.05) is 100 Å². The molecule has 0 aromatic heterocycles. The number of rotatable bonds is 14. The second-order valence-corrected chi connectivity index (χ2v) is 10.6. The highest BCUT2D eigenvalue weighted by atomic mass is 14.8. The Hall–Kier alpha value is -2.74. The number of benzene rings is 1. The lowest BCUT2D eigenvalue weighted by molar-refractivity contribution is 0.534. The third kappa shape index (κ3) is 8.66. The van der Waals surface area contributed by atoms with Crippen LogP contribution in [0.3, 0.4) is 0 Å². The lowest BCUT2D eigenvalue weighted by atomic mass is 9.70. The Kier molecular flexibility index (Phi) is 12.8. The van der Waals surface area contributed by atoms with Gasteiger partial charge in [-0.2, -0.15) is 0 Å². The first-order valence-electron chi connectivity index (χ1n) is 14.2. The Bertz CT molecular complexity index is 1080. The molecule has 2 rings (SSSR count). The highest BCUT2D eigenvalue weighted by Gasteiger charge is 2.34. The van der Waals surface area contributed by atoms with Gasteiger partial charge in [-0.15, -0.1) is 0 Å². The smallest absolute Gasteiger partial charge is 0.0450 e. The number of hydrogen-bond acceptors (Lipinski definition) is 2. The van der Waals surface area contributed by atoms with Crippen LogP contribution in [0, 0.1) is 5.92 Å². The van der Waals surface area contributed by atoms with E-state index in [1.807, 2.05) is 7.05 Å². The number of nitrogens with zero attached hydrogens (tertiary/aromatic N) is 2. The van der Waals surface area contributed by atoms with E-state index in [1.165, 1.54) is 34.4 Å². The van der Waals surface area contributed by atoms with Crippen molar-refractivity contribution in [3.8, 4) is 0 Å². The van der Waals surface area contributed by atoms with Gasteiger partial charge in [0.1, 0.15) is 0 Å². The lowest BCUT2D eigenvalue weighted by Gasteiger charge is -2.36. The van der Waals surface area contributed by atoms with Crippen molar-refractivity contribution in [1.82, 2.24) is 0 Å². The third-order valence-electron chi connectivity index (χ3n) is 7.53. The van der Waals surface area contributed by atoms with Crippen LogP contribution in [0.2, 0.25) is 0 Å². The van der Waals surface area contributed by atoms with E-state index in [4.69, 9.17) is 11.6 Å². The predicted molar refractivity (Wildman–Crippen MR) is 166 cm³/mol. The summed E-state index contributed by atoms with van der Waals surface area (Å²) < 4.78 is 0. The van der Waals surface area contributed by atoms with Gasteiger partial charge in [0.15, 0.2) is 0 Å². The first-order chi connectivity index (χ1) is 17.8. The summed E-state index contributed by atoms with van der Waals surface area (Å²) >= 11 is 0. The van der Waals surface area contributed by atoms with Gasteiger partial charge in [-0.3, -0.25) is 9.98 Å². The monoisotopic (exact) mass is 498 g/mol. The molecule has 200 valence electrons. The number of allylic oxidation sites excluding steroid dienone is 8. The summed E-state index contributed by atoms with van der Waals surface area (Å²) in [6.07, 6.45) is 12.7. The molecule has 0 aliphatic carbocycles. The van der Waals surface area contributed by atoms with Crippen LogP contribution in [0.5, 0.6) is 0 Å². The molecule has 37 heavy (non-hydrogen) atoms. The average molecular weight is 499 g/mol. The zero-order valence-corrected chi connectivity index (χ0v) is 24.7. The summed E-state index contributed by atoms with van der Waals surface area (Å²) in [6.45, 7) is 22.5. The Morgan fingerprint density at radius 2 is 1.70 bits per heavy atom. The SMILES string of the molecule is C=C(CC(C/C(C)=C/C=C(/C)CC)=NC)C1=C(C)N=C(CCCC)C(C(CCC)c2ccccc2)C1=C. The van der Waals surface area contributed by atoms with Crippen LogP contribution in [-0.4, -0.2) is 18.5 Å². The van der Waals surface area contributed by atoms with Gasteiger partial charge in [-0.25, -0.2) is 0 Å². The fraction of sp³-hybridized carbons (Fsp3) is 0.486. The van der Waals surface area contributed by atoms with Crippen molar-refractivity contribution in [1.29, 1.82) is 0 Å². The third-order valence-corrected chi connectivity index (χ3v) is 7.53. The summed E-state index contributed by atoms with van der Waals surface area (Å²) in [6, 6.07) is 11.0. The summed E-state index contributed by atoms with van der Waals surface area (Å²) in [5.74, 6) is 0.596. The van der Waals surface area contributed by atoms with E-state index >= 15 is 0 Å². The van der Waals surface area contributed by atoms with E-state index in [-0.39, 0.29) is 5.92 Å². The van der Waals surface area contributed by atoms with Gasteiger partial charge in [0.2, 0.25) is 0 Å². The zero-order chi connectivity index (χ0) is 27.4. The van der Waals surface area contributed by atoms with Crippen molar-refractivity contribution in [2.24, 2.45) is 15.9 Å². The molecule has 0 fully saturated rings. The van der Waals surface area contributed by atoms with Crippen molar-refractivity contribution < 1.29 is 0 Å².